The summed E-state index contributed by atoms with van der Waals surface area (Å²) in [6.07, 6.45) is 0. The normalized spacial score (nSPS) is 10.1. The molecular formula is C13H12O. The summed E-state index contributed by atoms with van der Waals surface area (Å²) in [7, 11) is 0. The van der Waals surface area contributed by atoms with E-state index in [1.807, 2.05) is 49.4 Å². The molecule has 0 fully saturated rings. The van der Waals surface area contributed by atoms with Crippen molar-refractivity contribution in [1.82, 2.24) is 0 Å². The fourth-order valence-electron chi connectivity index (χ4n) is 1.42. The van der Waals surface area contributed by atoms with Gasteiger partial charge in [-0.15, -0.1) is 0 Å². The minimum absolute atomic E-state index is 0.353. The van der Waals surface area contributed by atoms with Gasteiger partial charge in [-0.25, -0.2) is 0 Å². The smallest absolute Gasteiger partial charge is 0.119 e. The van der Waals surface area contributed by atoms with E-state index in [0.717, 1.165) is 16.7 Å². The molecule has 0 aliphatic heterocycles. The Labute approximate surface area is 83.6 Å². The molecule has 0 heterocycles. The summed E-state index contributed by atoms with van der Waals surface area (Å²) in [5, 5.41) is 9.56. The molecule has 0 atom stereocenters. The van der Waals surface area contributed by atoms with Crippen LogP contribution < -0.4 is 0 Å². The molecule has 0 spiro atoms. The number of hydrogen-bond acceptors (Lipinski definition) is 1. The molecule has 2 aromatic carbocycles. The predicted octanol–water partition coefficient (Wildman–Crippen LogP) is 3.37. The first-order valence-electron chi connectivity index (χ1n) is 4.62. The molecule has 1 nitrogen and oxygen atoms in total. The maximum atomic E-state index is 9.56. The van der Waals surface area contributed by atoms with Gasteiger partial charge < -0.3 is 5.11 Å². The van der Waals surface area contributed by atoms with E-state index < -0.39 is 0 Å². The average molecular weight is 184 g/mol. The molecule has 70 valence electrons. The molecule has 0 saturated carbocycles. The minimum atomic E-state index is 0.353. The third-order valence-corrected chi connectivity index (χ3v) is 2.32. The number of hydrogen-bond donors (Lipinski definition) is 1. The van der Waals surface area contributed by atoms with Crippen LogP contribution in [-0.2, 0) is 0 Å². The minimum Gasteiger partial charge on any atom is -0.508 e. The topological polar surface area (TPSA) is 20.2 Å². The maximum Gasteiger partial charge on any atom is 0.119 e. The van der Waals surface area contributed by atoms with Crippen molar-refractivity contribution in [2.75, 3.05) is 0 Å². The quantitative estimate of drug-likeness (QED) is 0.720. The number of phenolic OH excluding ortho intramolecular Hbond substituents is 1. The van der Waals surface area contributed by atoms with Gasteiger partial charge in [0.05, 0.1) is 0 Å². The molecule has 0 amide bonds. The number of benzene rings is 2. The van der Waals surface area contributed by atoms with Crippen LogP contribution in [0.1, 0.15) is 5.56 Å². The van der Waals surface area contributed by atoms with Crippen molar-refractivity contribution < 1.29 is 5.11 Å². The number of aryl methyl sites for hydroxylation is 1. The van der Waals surface area contributed by atoms with Crippen LogP contribution in [0.2, 0.25) is 0 Å². The molecule has 0 saturated heterocycles. The average Bonchev–Trinajstić information content (AvgIpc) is 2.23. The lowest BCUT2D eigenvalue weighted by Crippen LogP contribution is -1.79. The van der Waals surface area contributed by atoms with Gasteiger partial charge in [0.1, 0.15) is 5.75 Å². The van der Waals surface area contributed by atoms with Crippen LogP contribution in [0, 0.1) is 6.92 Å². The van der Waals surface area contributed by atoms with E-state index in [-0.39, 0.29) is 0 Å². The lowest BCUT2D eigenvalue weighted by Gasteiger charge is -2.03. The molecule has 0 unspecified atom stereocenters. The first-order chi connectivity index (χ1) is 6.77. The van der Waals surface area contributed by atoms with Crippen LogP contribution in [-0.4, -0.2) is 5.11 Å². The van der Waals surface area contributed by atoms with Crippen LogP contribution in [0.15, 0.2) is 48.5 Å². The summed E-state index contributed by atoms with van der Waals surface area (Å²) in [5.41, 5.74) is 3.08. The Morgan fingerprint density at radius 3 is 2.21 bits per heavy atom. The molecule has 1 N–H and O–H groups in total. The van der Waals surface area contributed by atoms with Gasteiger partial charge in [-0.1, -0.05) is 42.5 Å². The summed E-state index contributed by atoms with van der Waals surface area (Å²) in [5.74, 6) is 0.353. The largest absolute Gasteiger partial charge is 0.508 e. The van der Waals surface area contributed by atoms with Crippen LogP contribution in [0.25, 0.3) is 11.1 Å². The van der Waals surface area contributed by atoms with Crippen LogP contribution in [0.3, 0.4) is 0 Å². The van der Waals surface area contributed by atoms with Gasteiger partial charge in [0, 0.05) is 0 Å². The first-order valence-corrected chi connectivity index (χ1v) is 4.62. The second kappa shape index (κ2) is 3.54. The van der Waals surface area contributed by atoms with Gasteiger partial charge >= 0.3 is 0 Å². The summed E-state index contributed by atoms with van der Waals surface area (Å²) in [6.45, 7) is 1.89. The second-order valence-electron chi connectivity index (χ2n) is 3.37. The van der Waals surface area contributed by atoms with Crippen molar-refractivity contribution in [3.63, 3.8) is 0 Å². The number of aromatic hydroxyl groups is 1. The van der Waals surface area contributed by atoms with Gasteiger partial charge in [-0.2, -0.15) is 0 Å². The highest BCUT2D eigenvalue weighted by atomic mass is 16.3. The lowest BCUT2D eigenvalue weighted by atomic mass is 10.0. The molecule has 0 radical (unpaired) electrons. The van der Waals surface area contributed by atoms with E-state index in [1.165, 1.54) is 0 Å². The standard InChI is InChI=1S/C13H12O/c1-10-7-8-12(9-13(10)14)11-5-3-2-4-6-11/h2-9,14H,1H3. The summed E-state index contributed by atoms with van der Waals surface area (Å²) in [6, 6.07) is 15.8. The van der Waals surface area contributed by atoms with Crippen LogP contribution >= 0.6 is 0 Å². The van der Waals surface area contributed by atoms with E-state index >= 15 is 0 Å². The zero-order chi connectivity index (χ0) is 9.97. The summed E-state index contributed by atoms with van der Waals surface area (Å²) >= 11 is 0. The van der Waals surface area contributed by atoms with Gasteiger partial charge in [0.25, 0.3) is 0 Å². The molecule has 0 aliphatic rings. The summed E-state index contributed by atoms with van der Waals surface area (Å²) < 4.78 is 0. The van der Waals surface area contributed by atoms with Crippen LogP contribution in [0.4, 0.5) is 0 Å². The second-order valence-corrected chi connectivity index (χ2v) is 3.37. The molecule has 0 aliphatic carbocycles. The Morgan fingerprint density at radius 1 is 0.857 bits per heavy atom. The third kappa shape index (κ3) is 1.62. The zero-order valence-corrected chi connectivity index (χ0v) is 8.07. The highest BCUT2D eigenvalue weighted by molar-refractivity contribution is 5.65. The molecule has 2 rings (SSSR count). The van der Waals surface area contributed by atoms with E-state index in [2.05, 4.69) is 0 Å². The van der Waals surface area contributed by atoms with E-state index in [9.17, 15) is 5.11 Å². The predicted molar refractivity (Wildman–Crippen MR) is 58.3 cm³/mol. The first kappa shape index (κ1) is 8.82. The Morgan fingerprint density at radius 2 is 1.57 bits per heavy atom. The maximum absolute atomic E-state index is 9.56. The zero-order valence-electron chi connectivity index (χ0n) is 8.07. The number of rotatable bonds is 1. The molecular weight excluding hydrogens is 172 g/mol. The van der Waals surface area contributed by atoms with Gasteiger partial charge in [0.15, 0.2) is 0 Å². The van der Waals surface area contributed by atoms with Crippen molar-refractivity contribution in [3.05, 3.63) is 54.1 Å². The Hall–Kier alpha value is -1.76. The Kier molecular flexibility index (Phi) is 2.23. The SMILES string of the molecule is Cc1ccc(-c2ccccc2)cc1O. The van der Waals surface area contributed by atoms with Gasteiger partial charge in [-0.05, 0) is 29.7 Å². The van der Waals surface area contributed by atoms with Crippen molar-refractivity contribution >= 4 is 0 Å². The molecule has 1 heteroatoms. The fraction of sp³-hybridized carbons (Fsp3) is 0.0769. The van der Waals surface area contributed by atoms with Gasteiger partial charge in [-0.3, -0.25) is 0 Å². The molecule has 0 bridgehead atoms. The van der Waals surface area contributed by atoms with Gasteiger partial charge in [0.2, 0.25) is 0 Å². The van der Waals surface area contributed by atoms with Crippen molar-refractivity contribution in [3.8, 4) is 16.9 Å². The van der Waals surface area contributed by atoms with E-state index in [1.54, 1.807) is 6.07 Å². The molecule has 2 aromatic rings. The fourth-order valence-corrected chi connectivity index (χ4v) is 1.42. The third-order valence-electron chi connectivity index (χ3n) is 2.32. The lowest BCUT2D eigenvalue weighted by molar-refractivity contribution is 0.471. The van der Waals surface area contributed by atoms with Crippen molar-refractivity contribution in [2.45, 2.75) is 6.92 Å². The molecule has 0 aromatic heterocycles. The monoisotopic (exact) mass is 184 g/mol. The molecule has 14 heavy (non-hydrogen) atoms. The highest BCUT2D eigenvalue weighted by Crippen LogP contribution is 2.25. The Balaban J connectivity index is 2.48. The van der Waals surface area contributed by atoms with E-state index in [0.29, 0.717) is 5.75 Å². The van der Waals surface area contributed by atoms with E-state index in [4.69, 9.17) is 0 Å². The van der Waals surface area contributed by atoms with Crippen LogP contribution in [0.5, 0.6) is 5.75 Å². The van der Waals surface area contributed by atoms with Crippen molar-refractivity contribution in [2.24, 2.45) is 0 Å². The van der Waals surface area contributed by atoms with Crippen molar-refractivity contribution in [1.29, 1.82) is 0 Å². The highest BCUT2D eigenvalue weighted by Gasteiger charge is 1.99. The Bertz CT molecular complexity index is 432. The number of phenols is 1. The summed E-state index contributed by atoms with van der Waals surface area (Å²) in [4.78, 5) is 0.